The Morgan fingerprint density at radius 2 is 2.33 bits per heavy atom. The molecular formula is C15H23N5O. The molecule has 2 aliphatic heterocycles. The van der Waals surface area contributed by atoms with E-state index in [1.807, 2.05) is 13.0 Å². The third-order valence-electron chi connectivity index (χ3n) is 4.27. The molecule has 0 saturated carbocycles. The van der Waals surface area contributed by atoms with Crippen LogP contribution in [0.25, 0.3) is 0 Å². The number of aromatic nitrogens is 2. The van der Waals surface area contributed by atoms with Crippen molar-refractivity contribution in [2.45, 2.75) is 39.2 Å². The Labute approximate surface area is 125 Å². The summed E-state index contributed by atoms with van der Waals surface area (Å²) in [7, 11) is 0. The number of nitrogens with one attached hydrogen (secondary N) is 2. The van der Waals surface area contributed by atoms with Crippen LogP contribution in [0.15, 0.2) is 6.07 Å². The number of fused-ring (bicyclic) bond motifs is 1. The minimum Gasteiger partial charge on any atom is -0.354 e. The summed E-state index contributed by atoms with van der Waals surface area (Å²) in [5.74, 6) is 1.93. The van der Waals surface area contributed by atoms with Crippen molar-refractivity contribution < 1.29 is 4.79 Å². The number of carbonyl (C=O) groups excluding carboxylic acids is 1. The van der Waals surface area contributed by atoms with Crippen LogP contribution in [-0.2, 0) is 4.79 Å². The molecule has 114 valence electrons. The Kier molecular flexibility index (Phi) is 3.94. The van der Waals surface area contributed by atoms with E-state index >= 15 is 0 Å². The van der Waals surface area contributed by atoms with Gasteiger partial charge in [-0.3, -0.25) is 4.79 Å². The van der Waals surface area contributed by atoms with Gasteiger partial charge in [-0.2, -0.15) is 4.98 Å². The van der Waals surface area contributed by atoms with Crippen molar-refractivity contribution in [3.05, 3.63) is 11.8 Å². The van der Waals surface area contributed by atoms with Gasteiger partial charge in [0.1, 0.15) is 5.82 Å². The first kappa shape index (κ1) is 14.1. The number of aryl methyl sites for hydroxylation is 1. The summed E-state index contributed by atoms with van der Waals surface area (Å²) in [5.41, 5.74) is 0.956. The predicted molar refractivity (Wildman–Crippen MR) is 82.4 cm³/mol. The van der Waals surface area contributed by atoms with E-state index in [4.69, 9.17) is 0 Å². The zero-order chi connectivity index (χ0) is 14.8. The van der Waals surface area contributed by atoms with E-state index in [9.17, 15) is 4.79 Å². The Morgan fingerprint density at radius 3 is 3.14 bits per heavy atom. The van der Waals surface area contributed by atoms with Crippen LogP contribution in [0.4, 0.5) is 11.8 Å². The fourth-order valence-corrected chi connectivity index (χ4v) is 3.25. The highest BCUT2D eigenvalue weighted by molar-refractivity contribution is 5.83. The summed E-state index contributed by atoms with van der Waals surface area (Å²) < 4.78 is 0. The van der Waals surface area contributed by atoms with Crippen molar-refractivity contribution in [1.29, 1.82) is 0 Å². The summed E-state index contributed by atoms with van der Waals surface area (Å²) in [6.45, 7) is 6.66. The zero-order valence-electron chi connectivity index (χ0n) is 12.7. The van der Waals surface area contributed by atoms with Crippen LogP contribution in [0, 0.1) is 12.8 Å². The van der Waals surface area contributed by atoms with E-state index < -0.39 is 0 Å². The van der Waals surface area contributed by atoms with Crippen molar-refractivity contribution in [2.24, 2.45) is 5.92 Å². The van der Waals surface area contributed by atoms with Gasteiger partial charge < -0.3 is 15.5 Å². The number of carbonyl (C=O) groups is 1. The van der Waals surface area contributed by atoms with E-state index in [1.54, 1.807) is 0 Å². The average molecular weight is 289 g/mol. The molecular weight excluding hydrogens is 266 g/mol. The van der Waals surface area contributed by atoms with Crippen LogP contribution in [0.1, 0.15) is 31.9 Å². The van der Waals surface area contributed by atoms with Crippen LogP contribution >= 0.6 is 0 Å². The van der Waals surface area contributed by atoms with Crippen LogP contribution in [0.3, 0.4) is 0 Å². The maximum atomic E-state index is 11.9. The molecule has 2 aliphatic rings. The summed E-state index contributed by atoms with van der Waals surface area (Å²) in [5, 5.41) is 6.24. The van der Waals surface area contributed by atoms with Gasteiger partial charge in [0.2, 0.25) is 11.9 Å². The molecule has 1 amide bonds. The number of amides is 1. The van der Waals surface area contributed by atoms with Gasteiger partial charge >= 0.3 is 0 Å². The highest BCUT2D eigenvalue weighted by atomic mass is 16.2. The van der Waals surface area contributed by atoms with Crippen LogP contribution in [0.5, 0.6) is 0 Å². The predicted octanol–water partition coefficient (Wildman–Crippen LogP) is 1.32. The van der Waals surface area contributed by atoms with E-state index in [2.05, 4.69) is 32.4 Å². The topological polar surface area (TPSA) is 70.2 Å². The molecule has 0 bridgehead atoms. The maximum absolute atomic E-state index is 11.9. The van der Waals surface area contributed by atoms with Gasteiger partial charge in [0.25, 0.3) is 0 Å². The van der Waals surface area contributed by atoms with Crippen LogP contribution in [-0.4, -0.2) is 41.6 Å². The van der Waals surface area contributed by atoms with Gasteiger partial charge in [-0.05, 0) is 26.2 Å². The van der Waals surface area contributed by atoms with Gasteiger partial charge in [-0.25, -0.2) is 4.98 Å². The molecule has 2 fully saturated rings. The van der Waals surface area contributed by atoms with E-state index in [0.29, 0.717) is 5.95 Å². The lowest BCUT2D eigenvalue weighted by molar-refractivity contribution is -0.122. The molecule has 6 nitrogen and oxygen atoms in total. The Morgan fingerprint density at radius 1 is 1.48 bits per heavy atom. The number of anilines is 2. The van der Waals surface area contributed by atoms with Gasteiger partial charge in [0.05, 0.1) is 12.0 Å². The van der Waals surface area contributed by atoms with Gasteiger partial charge in [0.15, 0.2) is 0 Å². The second-order valence-corrected chi connectivity index (χ2v) is 5.87. The molecule has 0 radical (unpaired) electrons. The largest absolute Gasteiger partial charge is 0.354 e. The lowest BCUT2D eigenvalue weighted by Crippen LogP contribution is -2.46. The second kappa shape index (κ2) is 5.87. The molecule has 2 N–H and O–H groups in total. The van der Waals surface area contributed by atoms with E-state index in [0.717, 1.165) is 50.4 Å². The standard InChI is InChI=1S/C15H23N5O/c1-3-6-16-15-18-10(2)8-13(19-15)20-7-4-5-11-12(20)9-17-14(11)21/h8,11-12H,3-7,9H2,1-2H3,(H,17,21)(H,16,18,19). The quantitative estimate of drug-likeness (QED) is 0.875. The minimum absolute atomic E-state index is 0.112. The molecule has 6 heteroatoms. The molecule has 1 aromatic heterocycles. The Balaban J connectivity index is 1.85. The van der Waals surface area contributed by atoms with Crippen LogP contribution < -0.4 is 15.5 Å². The first-order chi connectivity index (χ1) is 10.2. The van der Waals surface area contributed by atoms with Crippen molar-refractivity contribution >= 4 is 17.7 Å². The average Bonchev–Trinajstić information content (AvgIpc) is 2.86. The summed E-state index contributed by atoms with van der Waals surface area (Å²) >= 11 is 0. The lowest BCUT2D eigenvalue weighted by atomic mass is 9.91. The minimum atomic E-state index is 0.112. The summed E-state index contributed by atoms with van der Waals surface area (Å²) in [4.78, 5) is 23.2. The SMILES string of the molecule is CCCNc1nc(C)cc(N2CCCC3C(=O)NCC32)n1. The number of rotatable bonds is 4. The first-order valence-electron chi connectivity index (χ1n) is 7.83. The smallest absolute Gasteiger partial charge is 0.225 e. The molecule has 2 saturated heterocycles. The summed E-state index contributed by atoms with van der Waals surface area (Å²) in [6.07, 6.45) is 3.06. The van der Waals surface area contributed by atoms with Crippen molar-refractivity contribution in [3.63, 3.8) is 0 Å². The van der Waals surface area contributed by atoms with Gasteiger partial charge in [0, 0.05) is 31.4 Å². The normalized spacial score (nSPS) is 24.7. The molecule has 0 aromatic carbocycles. The van der Waals surface area contributed by atoms with E-state index in [1.165, 1.54) is 0 Å². The molecule has 3 rings (SSSR count). The monoisotopic (exact) mass is 289 g/mol. The molecule has 21 heavy (non-hydrogen) atoms. The number of hydrogen-bond acceptors (Lipinski definition) is 5. The molecule has 0 aliphatic carbocycles. The van der Waals surface area contributed by atoms with Crippen LogP contribution in [0.2, 0.25) is 0 Å². The molecule has 2 unspecified atom stereocenters. The fraction of sp³-hybridized carbons (Fsp3) is 0.667. The highest BCUT2D eigenvalue weighted by Gasteiger charge is 2.41. The Bertz CT molecular complexity index is 533. The van der Waals surface area contributed by atoms with Crippen molar-refractivity contribution in [3.8, 4) is 0 Å². The molecule has 2 atom stereocenters. The zero-order valence-corrected chi connectivity index (χ0v) is 12.7. The third-order valence-corrected chi connectivity index (χ3v) is 4.27. The third kappa shape index (κ3) is 2.80. The molecule has 3 heterocycles. The fourth-order valence-electron chi connectivity index (χ4n) is 3.25. The van der Waals surface area contributed by atoms with E-state index in [-0.39, 0.29) is 17.9 Å². The first-order valence-corrected chi connectivity index (χ1v) is 7.83. The lowest BCUT2D eigenvalue weighted by Gasteiger charge is -2.37. The second-order valence-electron chi connectivity index (χ2n) is 5.87. The summed E-state index contributed by atoms with van der Waals surface area (Å²) in [6, 6.07) is 2.25. The number of piperidine rings is 1. The maximum Gasteiger partial charge on any atom is 0.225 e. The van der Waals surface area contributed by atoms with Gasteiger partial charge in [-0.15, -0.1) is 0 Å². The van der Waals surface area contributed by atoms with Crippen molar-refractivity contribution in [1.82, 2.24) is 15.3 Å². The molecule has 1 aromatic rings. The number of nitrogens with zero attached hydrogens (tertiary/aromatic N) is 3. The van der Waals surface area contributed by atoms with Crippen molar-refractivity contribution in [2.75, 3.05) is 29.9 Å². The number of hydrogen-bond donors (Lipinski definition) is 2. The highest BCUT2D eigenvalue weighted by Crippen LogP contribution is 2.31. The molecule has 0 spiro atoms. The Hall–Kier alpha value is -1.85. The van der Waals surface area contributed by atoms with Gasteiger partial charge in [-0.1, -0.05) is 6.92 Å².